The Labute approximate surface area is 84.8 Å². The Hall–Kier alpha value is -1.10. The highest BCUT2D eigenvalue weighted by Gasteiger charge is 2.29. The van der Waals surface area contributed by atoms with Gasteiger partial charge in [-0.05, 0) is 0 Å². The van der Waals surface area contributed by atoms with Crippen LogP contribution in [0.2, 0.25) is 5.02 Å². The second-order valence-corrected chi connectivity index (χ2v) is 3.07. The van der Waals surface area contributed by atoms with E-state index >= 15 is 0 Å². The van der Waals surface area contributed by atoms with E-state index in [4.69, 9.17) is 17.3 Å². The van der Waals surface area contributed by atoms with Gasteiger partial charge in [0.1, 0.15) is 0 Å². The van der Waals surface area contributed by atoms with Crippen LogP contribution in [0.4, 0.5) is 14.6 Å². The fraction of sp³-hybridized carbons (Fsp3) is 0.375. The highest BCUT2D eigenvalue weighted by Crippen LogP contribution is 2.29. The Balaban J connectivity index is 2.91. The minimum atomic E-state index is -3.25. The molecule has 1 aromatic rings. The summed E-state index contributed by atoms with van der Waals surface area (Å²) < 4.78 is 30.0. The second kappa shape index (κ2) is 3.96. The molecule has 14 heavy (non-hydrogen) atoms. The second-order valence-electron chi connectivity index (χ2n) is 2.63. The maximum Gasteiger partial charge on any atom is 0.397 e. The first kappa shape index (κ1) is 11.0. The van der Waals surface area contributed by atoms with Crippen molar-refractivity contribution in [2.45, 2.75) is 19.5 Å². The number of rotatable bonds is 3. The molecule has 0 aliphatic rings. The van der Waals surface area contributed by atoms with Crippen LogP contribution in [0.15, 0.2) is 12.3 Å². The van der Waals surface area contributed by atoms with E-state index in [1.807, 2.05) is 0 Å². The standard InChI is InChI=1S/C8H9ClF2N2O/c1-2-8(10,11)14-6-3-5(9)4-13-7(6)12/h3-4H,2H2,1H3,(H2,12,13). The zero-order valence-corrected chi connectivity index (χ0v) is 8.18. The van der Waals surface area contributed by atoms with E-state index < -0.39 is 12.5 Å². The van der Waals surface area contributed by atoms with E-state index in [1.165, 1.54) is 19.2 Å². The quantitative estimate of drug-likeness (QED) is 0.856. The van der Waals surface area contributed by atoms with E-state index in [0.29, 0.717) is 0 Å². The normalized spacial score (nSPS) is 11.4. The van der Waals surface area contributed by atoms with Crippen molar-refractivity contribution in [3.8, 4) is 5.75 Å². The van der Waals surface area contributed by atoms with E-state index in [2.05, 4.69) is 9.72 Å². The summed E-state index contributed by atoms with van der Waals surface area (Å²) in [7, 11) is 0. The Morgan fingerprint density at radius 1 is 1.64 bits per heavy atom. The molecule has 0 aliphatic heterocycles. The molecule has 0 spiro atoms. The predicted octanol–water partition coefficient (Wildman–Crippen LogP) is 2.70. The third-order valence-corrected chi connectivity index (χ3v) is 1.73. The van der Waals surface area contributed by atoms with Crippen LogP contribution >= 0.6 is 11.6 Å². The Morgan fingerprint density at radius 3 is 2.86 bits per heavy atom. The number of pyridine rings is 1. The molecule has 0 saturated heterocycles. The van der Waals surface area contributed by atoms with Crippen molar-refractivity contribution in [2.24, 2.45) is 0 Å². The molecule has 1 rings (SSSR count). The molecule has 0 bridgehead atoms. The zero-order chi connectivity index (χ0) is 10.8. The van der Waals surface area contributed by atoms with Crippen LogP contribution < -0.4 is 10.5 Å². The minimum Gasteiger partial charge on any atom is -0.429 e. The molecule has 0 aromatic carbocycles. The lowest BCUT2D eigenvalue weighted by molar-refractivity contribution is -0.177. The molecule has 0 atom stereocenters. The lowest BCUT2D eigenvalue weighted by atomic mass is 10.4. The first-order valence-electron chi connectivity index (χ1n) is 3.92. The van der Waals surface area contributed by atoms with Crippen LogP contribution in [0, 0.1) is 0 Å². The van der Waals surface area contributed by atoms with Crippen LogP contribution in [-0.2, 0) is 0 Å². The van der Waals surface area contributed by atoms with Gasteiger partial charge in [0.2, 0.25) is 0 Å². The molecule has 2 N–H and O–H groups in total. The van der Waals surface area contributed by atoms with E-state index in [9.17, 15) is 8.78 Å². The van der Waals surface area contributed by atoms with E-state index in [0.717, 1.165) is 0 Å². The molecule has 0 saturated carbocycles. The average Bonchev–Trinajstić information content (AvgIpc) is 2.11. The molecule has 6 heteroatoms. The average molecular weight is 223 g/mol. The van der Waals surface area contributed by atoms with Crippen molar-refractivity contribution in [3.05, 3.63) is 17.3 Å². The Bertz CT molecular complexity index is 333. The summed E-state index contributed by atoms with van der Waals surface area (Å²) in [5.41, 5.74) is 5.32. The summed E-state index contributed by atoms with van der Waals surface area (Å²) in [5, 5.41) is 0.195. The number of alkyl halides is 2. The fourth-order valence-electron chi connectivity index (χ4n) is 0.746. The third kappa shape index (κ3) is 2.70. The molecular formula is C8H9ClF2N2O. The maximum absolute atomic E-state index is 12.8. The summed E-state index contributed by atoms with van der Waals surface area (Å²) in [6, 6.07) is 1.20. The van der Waals surface area contributed by atoms with Gasteiger partial charge in [0.15, 0.2) is 11.6 Å². The number of hydrogen-bond donors (Lipinski definition) is 1. The summed E-state index contributed by atoms with van der Waals surface area (Å²) in [4.78, 5) is 3.58. The molecule has 1 aromatic heterocycles. The van der Waals surface area contributed by atoms with Crippen molar-refractivity contribution in [1.82, 2.24) is 4.98 Å². The van der Waals surface area contributed by atoms with Gasteiger partial charge in [0.05, 0.1) is 5.02 Å². The number of nitrogen functional groups attached to an aromatic ring is 1. The molecule has 0 radical (unpaired) electrons. The molecule has 0 aliphatic carbocycles. The van der Waals surface area contributed by atoms with Gasteiger partial charge in [0.25, 0.3) is 0 Å². The van der Waals surface area contributed by atoms with Gasteiger partial charge < -0.3 is 10.5 Å². The van der Waals surface area contributed by atoms with Gasteiger partial charge in [-0.2, -0.15) is 8.78 Å². The van der Waals surface area contributed by atoms with Crippen LogP contribution in [0.3, 0.4) is 0 Å². The van der Waals surface area contributed by atoms with Gasteiger partial charge >= 0.3 is 6.11 Å². The van der Waals surface area contributed by atoms with Crippen LogP contribution in [0.1, 0.15) is 13.3 Å². The van der Waals surface area contributed by atoms with Gasteiger partial charge in [-0.3, -0.25) is 0 Å². The minimum absolute atomic E-state index is 0.109. The number of ether oxygens (including phenoxy) is 1. The van der Waals surface area contributed by atoms with Crippen molar-refractivity contribution in [3.63, 3.8) is 0 Å². The monoisotopic (exact) mass is 222 g/mol. The Kier molecular flexibility index (Phi) is 3.10. The first-order chi connectivity index (χ1) is 6.44. The van der Waals surface area contributed by atoms with Crippen molar-refractivity contribution in [2.75, 3.05) is 5.73 Å². The fourth-order valence-corrected chi connectivity index (χ4v) is 0.894. The number of nitrogens with two attached hydrogens (primary N) is 1. The van der Waals surface area contributed by atoms with Crippen LogP contribution in [0.25, 0.3) is 0 Å². The van der Waals surface area contributed by atoms with Gasteiger partial charge in [-0.1, -0.05) is 18.5 Å². The molecule has 0 fully saturated rings. The summed E-state index contributed by atoms with van der Waals surface area (Å²) >= 11 is 5.55. The molecule has 78 valence electrons. The van der Waals surface area contributed by atoms with Crippen molar-refractivity contribution in [1.29, 1.82) is 0 Å². The summed E-state index contributed by atoms with van der Waals surface area (Å²) in [6.45, 7) is 1.30. The van der Waals surface area contributed by atoms with Gasteiger partial charge in [0, 0.05) is 18.7 Å². The predicted molar refractivity (Wildman–Crippen MR) is 49.5 cm³/mol. The van der Waals surface area contributed by atoms with Gasteiger partial charge in [-0.25, -0.2) is 4.98 Å². The third-order valence-electron chi connectivity index (χ3n) is 1.52. The number of halogens is 3. The SMILES string of the molecule is CCC(F)(F)Oc1cc(Cl)cnc1N. The van der Waals surface area contributed by atoms with Crippen molar-refractivity contribution >= 4 is 17.4 Å². The smallest absolute Gasteiger partial charge is 0.397 e. The molecule has 0 unspecified atom stereocenters. The molecule has 0 amide bonds. The van der Waals surface area contributed by atoms with Gasteiger partial charge in [-0.15, -0.1) is 0 Å². The molecule has 3 nitrogen and oxygen atoms in total. The van der Waals surface area contributed by atoms with E-state index in [-0.39, 0.29) is 16.6 Å². The number of anilines is 1. The van der Waals surface area contributed by atoms with E-state index in [1.54, 1.807) is 0 Å². The Morgan fingerprint density at radius 2 is 2.29 bits per heavy atom. The molecular weight excluding hydrogens is 214 g/mol. The zero-order valence-electron chi connectivity index (χ0n) is 7.43. The number of hydrogen-bond acceptors (Lipinski definition) is 3. The maximum atomic E-state index is 12.8. The summed E-state index contributed by atoms with van der Waals surface area (Å²) in [6.07, 6.45) is -2.44. The molecule has 1 heterocycles. The lowest BCUT2D eigenvalue weighted by Gasteiger charge is -2.16. The van der Waals surface area contributed by atoms with Crippen LogP contribution in [0.5, 0.6) is 5.75 Å². The highest BCUT2D eigenvalue weighted by atomic mass is 35.5. The largest absolute Gasteiger partial charge is 0.429 e. The number of aromatic nitrogens is 1. The van der Waals surface area contributed by atoms with Crippen LogP contribution in [-0.4, -0.2) is 11.1 Å². The topological polar surface area (TPSA) is 48.1 Å². The number of nitrogens with zero attached hydrogens (tertiary/aromatic N) is 1. The first-order valence-corrected chi connectivity index (χ1v) is 4.30. The highest BCUT2D eigenvalue weighted by molar-refractivity contribution is 6.30. The van der Waals surface area contributed by atoms with Crippen molar-refractivity contribution < 1.29 is 13.5 Å². The summed E-state index contributed by atoms with van der Waals surface area (Å²) in [5.74, 6) is -0.313. The lowest BCUT2D eigenvalue weighted by Crippen LogP contribution is -2.23.